The molecule has 0 aromatic carbocycles. The maximum Gasteiger partial charge on any atom is 0.231 e. The van der Waals surface area contributed by atoms with Crippen molar-refractivity contribution >= 4 is 17.8 Å². The molecule has 0 bridgehead atoms. The predicted molar refractivity (Wildman–Crippen MR) is 69.6 cm³/mol. The molecule has 1 aromatic heterocycles. The average Bonchev–Trinajstić information content (AvgIpc) is 2.96. The molecule has 0 spiro atoms. The van der Waals surface area contributed by atoms with Crippen molar-refractivity contribution in [2.75, 3.05) is 36.2 Å². The topological polar surface area (TPSA) is 66.0 Å². The van der Waals surface area contributed by atoms with Gasteiger partial charge in [-0.05, 0) is 26.7 Å². The van der Waals surface area contributed by atoms with Gasteiger partial charge in [-0.25, -0.2) is 0 Å². The molecule has 94 valence electrons. The van der Waals surface area contributed by atoms with E-state index in [1.54, 1.807) is 0 Å². The summed E-state index contributed by atoms with van der Waals surface area (Å²) in [5.74, 6) is 1.94. The molecule has 1 saturated carbocycles. The normalized spacial score (nSPS) is 16.5. The molecule has 1 aromatic rings. The smallest absolute Gasteiger partial charge is 0.231 e. The molecule has 6 heteroatoms. The molecule has 6 nitrogen and oxygen atoms in total. The first kappa shape index (κ1) is 11.9. The summed E-state index contributed by atoms with van der Waals surface area (Å²) in [4.78, 5) is 15.0. The molecule has 1 aliphatic carbocycles. The number of nitrogens with zero attached hydrogens (tertiary/aromatic N) is 4. The molecule has 1 aliphatic rings. The van der Waals surface area contributed by atoms with Crippen LogP contribution in [0.25, 0.3) is 0 Å². The van der Waals surface area contributed by atoms with Gasteiger partial charge < -0.3 is 15.5 Å². The van der Waals surface area contributed by atoms with Crippen LogP contribution in [-0.4, -0.2) is 41.1 Å². The molecule has 2 N–H and O–H groups in total. The molecule has 17 heavy (non-hydrogen) atoms. The van der Waals surface area contributed by atoms with E-state index in [9.17, 15) is 0 Å². The summed E-state index contributed by atoms with van der Waals surface area (Å²) in [7, 11) is 3.85. The number of aromatic nitrogens is 3. The van der Waals surface area contributed by atoms with Crippen molar-refractivity contribution in [2.24, 2.45) is 0 Å². The molecule has 0 saturated heterocycles. The van der Waals surface area contributed by atoms with Crippen LogP contribution in [-0.2, 0) is 0 Å². The third-order valence-corrected chi connectivity index (χ3v) is 2.77. The second kappa shape index (κ2) is 4.35. The number of rotatable bonds is 5. The van der Waals surface area contributed by atoms with Gasteiger partial charge in [-0.15, -0.1) is 0 Å². The zero-order chi connectivity index (χ0) is 12.5. The Hall–Kier alpha value is -1.59. The second-order valence-electron chi connectivity index (χ2n) is 4.89. The third kappa shape index (κ3) is 2.95. The van der Waals surface area contributed by atoms with Gasteiger partial charge >= 0.3 is 0 Å². The van der Waals surface area contributed by atoms with E-state index in [2.05, 4.69) is 32.5 Å². The van der Waals surface area contributed by atoms with Crippen LogP contribution in [0.15, 0.2) is 0 Å². The van der Waals surface area contributed by atoms with Gasteiger partial charge in [0.25, 0.3) is 0 Å². The summed E-state index contributed by atoms with van der Waals surface area (Å²) < 4.78 is 0. The van der Waals surface area contributed by atoms with Gasteiger partial charge in [0.2, 0.25) is 17.8 Å². The van der Waals surface area contributed by atoms with Crippen LogP contribution in [0.5, 0.6) is 0 Å². The Morgan fingerprint density at radius 2 is 1.82 bits per heavy atom. The maximum atomic E-state index is 4.39. The van der Waals surface area contributed by atoms with Crippen molar-refractivity contribution < 1.29 is 0 Å². The van der Waals surface area contributed by atoms with Gasteiger partial charge in [0.15, 0.2) is 0 Å². The lowest BCUT2D eigenvalue weighted by Gasteiger charge is -2.16. The molecule has 0 amide bonds. The van der Waals surface area contributed by atoms with Crippen LogP contribution < -0.4 is 15.5 Å². The van der Waals surface area contributed by atoms with Crippen molar-refractivity contribution in [3.8, 4) is 0 Å². The minimum atomic E-state index is 0.175. The fourth-order valence-electron chi connectivity index (χ4n) is 1.44. The highest BCUT2D eigenvalue weighted by Gasteiger charge is 2.38. The first-order valence-electron chi connectivity index (χ1n) is 5.98. The molecule has 0 radical (unpaired) electrons. The van der Waals surface area contributed by atoms with E-state index in [0.29, 0.717) is 17.8 Å². The van der Waals surface area contributed by atoms with Gasteiger partial charge in [0.1, 0.15) is 0 Å². The van der Waals surface area contributed by atoms with Crippen LogP contribution in [0.1, 0.15) is 26.7 Å². The Bertz CT molecular complexity index is 399. The quantitative estimate of drug-likeness (QED) is 0.804. The van der Waals surface area contributed by atoms with Gasteiger partial charge in [0.05, 0.1) is 0 Å². The van der Waals surface area contributed by atoms with Crippen LogP contribution in [0, 0.1) is 0 Å². The summed E-state index contributed by atoms with van der Waals surface area (Å²) in [5, 5.41) is 6.48. The number of hydrogen-bond donors (Lipinski definition) is 2. The maximum absolute atomic E-state index is 4.39. The average molecular weight is 236 g/mol. The lowest BCUT2D eigenvalue weighted by Crippen LogP contribution is -2.21. The minimum Gasteiger partial charge on any atom is -0.354 e. The molecule has 1 fully saturated rings. The van der Waals surface area contributed by atoms with E-state index in [0.717, 1.165) is 6.54 Å². The fourth-order valence-corrected chi connectivity index (χ4v) is 1.44. The van der Waals surface area contributed by atoms with Crippen LogP contribution in [0.4, 0.5) is 17.8 Å². The predicted octanol–water partition coefficient (Wildman–Crippen LogP) is 1.33. The lowest BCUT2D eigenvalue weighted by molar-refractivity contribution is 0.802. The van der Waals surface area contributed by atoms with Gasteiger partial charge in [-0.3, -0.25) is 0 Å². The molecule has 0 aliphatic heterocycles. The molecule has 2 rings (SSSR count). The van der Waals surface area contributed by atoms with E-state index in [-0.39, 0.29) is 5.54 Å². The fraction of sp³-hybridized carbons (Fsp3) is 0.727. The summed E-state index contributed by atoms with van der Waals surface area (Å²) in [6.07, 6.45) is 2.35. The zero-order valence-corrected chi connectivity index (χ0v) is 10.9. The molecule has 1 heterocycles. The first-order chi connectivity index (χ1) is 8.02. The summed E-state index contributed by atoms with van der Waals surface area (Å²) >= 11 is 0. The van der Waals surface area contributed by atoms with Crippen LogP contribution in [0.2, 0.25) is 0 Å². The lowest BCUT2D eigenvalue weighted by atomic mass is 10.3. The summed E-state index contributed by atoms with van der Waals surface area (Å²) in [6.45, 7) is 5.00. The Labute approximate surface area is 102 Å². The number of hydrogen-bond acceptors (Lipinski definition) is 6. The Balaban J connectivity index is 2.23. The van der Waals surface area contributed by atoms with Gasteiger partial charge in [0, 0.05) is 26.2 Å². The van der Waals surface area contributed by atoms with Crippen LogP contribution in [0.3, 0.4) is 0 Å². The summed E-state index contributed by atoms with van der Waals surface area (Å²) in [6, 6.07) is 0. The Morgan fingerprint density at radius 3 is 2.35 bits per heavy atom. The molecule has 0 atom stereocenters. The monoisotopic (exact) mass is 236 g/mol. The molecular formula is C11H20N6. The second-order valence-corrected chi connectivity index (χ2v) is 4.89. The Kier molecular flexibility index (Phi) is 3.04. The van der Waals surface area contributed by atoms with Crippen molar-refractivity contribution in [3.63, 3.8) is 0 Å². The molecular weight excluding hydrogens is 216 g/mol. The molecule has 0 unspecified atom stereocenters. The van der Waals surface area contributed by atoms with Crippen molar-refractivity contribution in [1.82, 2.24) is 15.0 Å². The zero-order valence-electron chi connectivity index (χ0n) is 10.9. The first-order valence-corrected chi connectivity index (χ1v) is 5.98. The standard InChI is InChI=1S/C11H20N6/c1-5-12-8-13-9(16-11(2)6-7-11)15-10(14-8)17(3)4/h5-7H2,1-4H3,(H2,12,13,14,15,16). The largest absolute Gasteiger partial charge is 0.354 e. The van der Waals surface area contributed by atoms with Gasteiger partial charge in [-0.2, -0.15) is 15.0 Å². The SMILES string of the molecule is CCNc1nc(NC2(C)CC2)nc(N(C)C)n1. The van der Waals surface area contributed by atoms with Crippen molar-refractivity contribution in [2.45, 2.75) is 32.2 Å². The van der Waals surface area contributed by atoms with E-state index in [1.165, 1.54) is 12.8 Å². The highest BCUT2D eigenvalue weighted by Crippen LogP contribution is 2.37. The number of nitrogens with one attached hydrogen (secondary N) is 2. The van der Waals surface area contributed by atoms with E-state index in [4.69, 9.17) is 0 Å². The van der Waals surface area contributed by atoms with Gasteiger partial charge in [-0.1, -0.05) is 0 Å². The van der Waals surface area contributed by atoms with Crippen LogP contribution >= 0.6 is 0 Å². The van der Waals surface area contributed by atoms with Crippen molar-refractivity contribution in [1.29, 1.82) is 0 Å². The number of anilines is 3. The van der Waals surface area contributed by atoms with E-state index in [1.807, 2.05) is 25.9 Å². The minimum absolute atomic E-state index is 0.175. The Morgan fingerprint density at radius 1 is 1.18 bits per heavy atom. The van der Waals surface area contributed by atoms with E-state index < -0.39 is 0 Å². The third-order valence-electron chi connectivity index (χ3n) is 2.77. The summed E-state index contributed by atoms with van der Waals surface area (Å²) in [5.41, 5.74) is 0.175. The highest BCUT2D eigenvalue weighted by molar-refractivity contribution is 5.45. The van der Waals surface area contributed by atoms with Crippen molar-refractivity contribution in [3.05, 3.63) is 0 Å². The van der Waals surface area contributed by atoms with E-state index >= 15 is 0 Å². The highest BCUT2D eigenvalue weighted by atomic mass is 15.3.